The first-order valence-corrected chi connectivity index (χ1v) is 8.30. The predicted octanol–water partition coefficient (Wildman–Crippen LogP) is 3.14. The number of aromatic nitrogens is 1. The fourth-order valence-electron chi connectivity index (χ4n) is 3.12. The second kappa shape index (κ2) is 7.43. The lowest BCUT2D eigenvalue weighted by Crippen LogP contribution is -2.37. The Morgan fingerprint density at radius 3 is 2.67 bits per heavy atom. The van der Waals surface area contributed by atoms with Gasteiger partial charge in [-0.1, -0.05) is 30.3 Å². The summed E-state index contributed by atoms with van der Waals surface area (Å²) in [6.45, 7) is 4.72. The highest BCUT2D eigenvalue weighted by Gasteiger charge is 2.27. The van der Waals surface area contributed by atoms with Crippen LogP contribution in [0.25, 0.3) is 0 Å². The first-order chi connectivity index (χ1) is 11.7. The number of hydrogen-bond donors (Lipinski definition) is 0. The van der Waals surface area contributed by atoms with E-state index in [4.69, 9.17) is 0 Å². The molecular weight excluding hydrogens is 305 g/mol. The lowest BCUT2D eigenvalue weighted by Gasteiger charge is -2.25. The summed E-state index contributed by atoms with van der Waals surface area (Å²) >= 11 is 0. The number of rotatable bonds is 3. The summed E-state index contributed by atoms with van der Waals surface area (Å²) in [5.41, 5.74) is 2.68. The number of anilines is 1. The van der Waals surface area contributed by atoms with Gasteiger partial charge >= 0.3 is 0 Å². The molecule has 0 saturated carbocycles. The topological polar surface area (TPSA) is 36.4 Å². The molecule has 1 amide bonds. The van der Waals surface area contributed by atoms with Gasteiger partial charge in [0.2, 0.25) is 6.17 Å². The van der Waals surface area contributed by atoms with Crippen LogP contribution in [0.1, 0.15) is 23.7 Å². The second-order valence-corrected chi connectivity index (χ2v) is 6.10. The van der Waals surface area contributed by atoms with Crippen LogP contribution in [-0.4, -0.2) is 42.0 Å². The monoisotopic (exact) mass is 327 g/mol. The lowest BCUT2D eigenvalue weighted by molar-refractivity contribution is -0.136. The number of carbonyl (C=O) groups excluding carboxylic acids is 1. The van der Waals surface area contributed by atoms with Gasteiger partial charge in [0.15, 0.2) is 0 Å². The van der Waals surface area contributed by atoms with Crippen molar-refractivity contribution in [3.8, 4) is 0 Å². The molecule has 4 nitrogen and oxygen atoms in total. The Balaban J connectivity index is 1.67. The van der Waals surface area contributed by atoms with Crippen molar-refractivity contribution in [2.45, 2.75) is 19.5 Å². The minimum absolute atomic E-state index is 0.425. The summed E-state index contributed by atoms with van der Waals surface area (Å²) in [5.74, 6) is -0.436. The molecule has 3 rings (SSSR count). The normalized spacial score (nSPS) is 16.6. The number of nitrogens with zero attached hydrogens (tertiary/aromatic N) is 3. The molecule has 2 heterocycles. The van der Waals surface area contributed by atoms with Gasteiger partial charge in [0.05, 0.1) is 0 Å². The second-order valence-electron chi connectivity index (χ2n) is 6.10. The molecule has 24 heavy (non-hydrogen) atoms. The molecule has 1 fully saturated rings. The molecule has 0 radical (unpaired) electrons. The summed E-state index contributed by atoms with van der Waals surface area (Å²) < 4.78 is 14.5. The number of amides is 1. The van der Waals surface area contributed by atoms with E-state index in [1.54, 1.807) is 35.4 Å². The van der Waals surface area contributed by atoms with Gasteiger partial charge in [0.1, 0.15) is 0 Å². The highest BCUT2D eigenvalue weighted by Crippen LogP contribution is 2.23. The van der Waals surface area contributed by atoms with Gasteiger partial charge in [-0.25, -0.2) is 4.39 Å². The molecule has 1 unspecified atom stereocenters. The third-order valence-electron chi connectivity index (χ3n) is 4.45. The standard InChI is InChI=1S/C19H22FN3O/c1-15-14-21-9-8-17(15)22-10-5-11-23(13-12-22)19(24)18(20)16-6-3-2-4-7-16/h2-4,6-9,14,18H,5,10-13H2,1H3. The number of aryl methyl sites for hydroxylation is 1. The Labute approximate surface area is 141 Å². The summed E-state index contributed by atoms with van der Waals surface area (Å²) in [6.07, 6.45) is 2.87. The Bertz CT molecular complexity index is 692. The van der Waals surface area contributed by atoms with Crippen molar-refractivity contribution in [1.82, 2.24) is 9.88 Å². The third-order valence-corrected chi connectivity index (χ3v) is 4.45. The maximum Gasteiger partial charge on any atom is 0.261 e. The van der Waals surface area contributed by atoms with E-state index >= 15 is 0 Å². The lowest BCUT2D eigenvalue weighted by atomic mass is 10.1. The van der Waals surface area contributed by atoms with Crippen molar-refractivity contribution in [2.24, 2.45) is 0 Å². The minimum Gasteiger partial charge on any atom is -0.369 e. The van der Waals surface area contributed by atoms with E-state index in [0.717, 1.165) is 24.2 Å². The van der Waals surface area contributed by atoms with Crippen LogP contribution in [0, 0.1) is 6.92 Å². The number of carbonyl (C=O) groups is 1. The fraction of sp³-hybridized carbons (Fsp3) is 0.368. The Kier molecular flexibility index (Phi) is 5.08. The van der Waals surface area contributed by atoms with E-state index in [1.807, 2.05) is 25.3 Å². The summed E-state index contributed by atoms with van der Waals surface area (Å²) in [4.78, 5) is 20.5. The molecule has 5 heteroatoms. The van der Waals surface area contributed by atoms with Gasteiger partial charge in [0, 0.05) is 44.3 Å². The third kappa shape index (κ3) is 3.55. The highest BCUT2D eigenvalue weighted by molar-refractivity contribution is 5.82. The van der Waals surface area contributed by atoms with Crippen LogP contribution in [0.3, 0.4) is 0 Å². The van der Waals surface area contributed by atoms with Crippen LogP contribution >= 0.6 is 0 Å². The minimum atomic E-state index is -1.58. The zero-order valence-corrected chi connectivity index (χ0v) is 13.9. The van der Waals surface area contributed by atoms with Crippen LogP contribution in [0.15, 0.2) is 48.8 Å². The van der Waals surface area contributed by atoms with Crippen LogP contribution < -0.4 is 4.90 Å². The van der Waals surface area contributed by atoms with Crippen LogP contribution in [-0.2, 0) is 4.79 Å². The maximum absolute atomic E-state index is 14.5. The summed E-state index contributed by atoms with van der Waals surface area (Å²) in [6, 6.07) is 10.6. The molecule has 126 valence electrons. The fourth-order valence-corrected chi connectivity index (χ4v) is 3.12. The zero-order chi connectivity index (χ0) is 16.9. The van der Waals surface area contributed by atoms with Crippen molar-refractivity contribution in [2.75, 3.05) is 31.1 Å². The van der Waals surface area contributed by atoms with Gasteiger partial charge in [0.25, 0.3) is 5.91 Å². The number of pyridine rings is 1. The van der Waals surface area contributed by atoms with Gasteiger partial charge in [-0.3, -0.25) is 9.78 Å². The van der Waals surface area contributed by atoms with Crippen LogP contribution in [0.5, 0.6) is 0 Å². The molecule has 1 aliphatic rings. The van der Waals surface area contributed by atoms with E-state index in [-0.39, 0.29) is 0 Å². The molecule has 1 aliphatic heterocycles. The molecule has 0 aliphatic carbocycles. The van der Waals surface area contributed by atoms with Crippen molar-refractivity contribution < 1.29 is 9.18 Å². The molecular formula is C19H22FN3O. The van der Waals surface area contributed by atoms with E-state index < -0.39 is 12.1 Å². The quantitative estimate of drug-likeness (QED) is 0.869. The molecule has 2 aromatic rings. The largest absolute Gasteiger partial charge is 0.369 e. The van der Waals surface area contributed by atoms with Crippen molar-refractivity contribution in [1.29, 1.82) is 0 Å². The molecule has 1 aromatic heterocycles. The van der Waals surface area contributed by atoms with E-state index in [9.17, 15) is 9.18 Å². The van der Waals surface area contributed by atoms with Crippen molar-refractivity contribution in [3.05, 3.63) is 59.9 Å². The smallest absolute Gasteiger partial charge is 0.261 e. The molecule has 1 aromatic carbocycles. The highest BCUT2D eigenvalue weighted by atomic mass is 19.1. The van der Waals surface area contributed by atoms with Gasteiger partial charge in [-0.2, -0.15) is 0 Å². The van der Waals surface area contributed by atoms with Gasteiger partial charge < -0.3 is 9.80 Å². The zero-order valence-electron chi connectivity index (χ0n) is 13.9. The number of alkyl halides is 1. The predicted molar refractivity (Wildman–Crippen MR) is 92.7 cm³/mol. The Morgan fingerprint density at radius 2 is 1.92 bits per heavy atom. The van der Waals surface area contributed by atoms with Gasteiger partial charge in [-0.15, -0.1) is 0 Å². The maximum atomic E-state index is 14.5. The summed E-state index contributed by atoms with van der Waals surface area (Å²) in [7, 11) is 0. The van der Waals surface area contributed by atoms with Crippen molar-refractivity contribution >= 4 is 11.6 Å². The Hall–Kier alpha value is -2.43. The van der Waals surface area contributed by atoms with Crippen LogP contribution in [0.2, 0.25) is 0 Å². The summed E-state index contributed by atoms with van der Waals surface area (Å²) in [5, 5.41) is 0. The average Bonchev–Trinajstić information content (AvgIpc) is 2.88. The van der Waals surface area contributed by atoms with Crippen molar-refractivity contribution in [3.63, 3.8) is 0 Å². The molecule has 0 bridgehead atoms. The molecule has 0 spiro atoms. The Morgan fingerprint density at radius 1 is 1.12 bits per heavy atom. The first kappa shape index (κ1) is 16.4. The molecule has 1 saturated heterocycles. The van der Waals surface area contributed by atoms with Crippen LogP contribution in [0.4, 0.5) is 10.1 Å². The molecule has 1 atom stereocenters. The average molecular weight is 327 g/mol. The van der Waals surface area contributed by atoms with E-state index in [1.165, 1.54) is 0 Å². The number of benzene rings is 1. The first-order valence-electron chi connectivity index (χ1n) is 8.30. The van der Waals surface area contributed by atoms with E-state index in [0.29, 0.717) is 25.2 Å². The van der Waals surface area contributed by atoms with Gasteiger partial charge in [-0.05, 0) is 30.5 Å². The SMILES string of the molecule is Cc1cnccc1N1CCCN(C(=O)C(F)c2ccccc2)CC1. The molecule has 0 N–H and O–H groups in total. The number of halogens is 1. The number of hydrogen-bond acceptors (Lipinski definition) is 3. The van der Waals surface area contributed by atoms with E-state index in [2.05, 4.69) is 9.88 Å².